The number of hydrogen-bond acceptors (Lipinski definition) is 8. The molecule has 0 aliphatic heterocycles. The summed E-state index contributed by atoms with van der Waals surface area (Å²) in [6, 6.07) is 22.5. The number of rotatable bonds is 14. The molecule has 4 aromatic rings. The van der Waals surface area contributed by atoms with Crippen molar-refractivity contribution in [1.82, 2.24) is 15.6 Å². The molecule has 2 N–H and O–H groups in total. The number of anilines is 1. The highest BCUT2D eigenvalue weighted by atomic mass is 16.5. The lowest BCUT2D eigenvalue weighted by molar-refractivity contribution is -0.141. The maximum absolute atomic E-state index is 12.9. The van der Waals surface area contributed by atoms with Gasteiger partial charge < -0.3 is 24.8 Å². The van der Waals surface area contributed by atoms with E-state index < -0.39 is 24.0 Å². The zero-order valence-corrected chi connectivity index (χ0v) is 27.1. The predicted molar refractivity (Wildman–Crippen MR) is 179 cm³/mol. The summed E-state index contributed by atoms with van der Waals surface area (Å²) in [5, 5.41) is 7.50. The summed E-state index contributed by atoms with van der Waals surface area (Å²) in [7, 11) is 2.57. The number of aromatic nitrogens is 1. The number of methoxy groups -OCH3 is 2. The van der Waals surface area contributed by atoms with Gasteiger partial charge in [-0.3, -0.25) is 19.3 Å². The number of carbonyl (C=O) groups is 4. The Kier molecular flexibility index (Phi) is 12.3. The molecule has 246 valence electrons. The number of aryl methyl sites for hydroxylation is 1. The summed E-state index contributed by atoms with van der Waals surface area (Å²) in [6.07, 6.45) is 1.31. The molecule has 0 radical (unpaired) electrons. The van der Waals surface area contributed by atoms with Gasteiger partial charge in [-0.05, 0) is 66.1 Å². The number of nitrogens with one attached hydrogen (secondary N) is 2. The average Bonchev–Trinajstić information content (AvgIpc) is 3.09. The Balaban J connectivity index is 1.37. The number of ether oxygens (including phenoxy) is 3. The van der Waals surface area contributed by atoms with Crippen LogP contribution in [0.2, 0.25) is 0 Å². The van der Waals surface area contributed by atoms with Crippen molar-refractivity contribution in [3.8, 4) is 16.9 Å². The van der Waals surface area contributed by atoms with Gasteiger partial charge in [0.05, 0.1) is 39.8 Å². The van der Waals surface area contributed by atoms with Crippen molar-refractivity contribution in [1.29, 1.82) is 0 Å². The van der Waals surface area contributed by atoms with E-state index in [2.05, 4.69) is 15.6 Å². The fraction of sp³-hybridized carbons (Fsp3) is 0.306. The minimum Gasteiger partial charge on any atom is -0.493 e. The molecule has 3 amide bonds. The van der Waals surface area contributed by atoms with Crippen molar-refractivity contribution in [3.63, 3.8) is 0 Å². The molecule has 11 heteroatoms. The average molecular weight is 641 g/mol. The monoisotopic (exact) mass is 640 g/mol. The molecule has 47 heavy (non-hydrogen) atoms. The van der Waals surface area contributed by atoms with Gasteiger partial charge in [-0.2, -0.15) is 0 Å². The molecule has 0 saturated heterocycles. The van der Waals surface area contributed by atoms with E-state index in [1.165, 1.54) is 19.1 Å². The molecule has 1 unspecified atom stereocenters. The number of carbonyl (C=O) groups excluding carboxylic acids is 4. The summed E-state index contributed by atoms with van der Waals surface area (Å²) in [4.78, 5) is 55.5. The van der Waals surface area contributed by atoms with E-state index >= 15 is 0 Å². The van der Waals surface area contributed by atoms with Crippen LogP contribution in [-0.4, -0.2) is 62.8 Å². The minimum absolute atomic E-state index is 0.0693. The van der Waals surface area contributed by atoms with E-state index in [1.807, 2.05) is 80.6 Å². The molecule has 1 aromatic heterocycles. The standard InChI is InChI=1S/C36H40N4O7/c1-5-47-31-17-16-27(28-9-6-7-10-29(28)31)25-12-14-26(15-13-25)30(22-35(43)45-3)39-34(42)23-38-33(41)11-8-20-40(36(44)46-4)32-21-24(2)18-19-37-32/h6-7,9-10,12-19,21,30H,5,8,11,20,22-23H2,1-4H3,(H,38,41)(H,39,42). The van der Waals surface area contributed by atoms with Gasteiger partial charge in [0.1, 0.15) is 11.6 Å². The van der Waals surface area contributed by atoms with Crippen LogP contribution in [0.1, 0.15) is 43.4 Å². The van der Waals surface area contributed by atoms with Crippen LogP contribution in [-0.2, 0) is 23.9 Å². The van der Waals surface area contributed by atoms with Gasteiger partial charge in [-0.1, -0.05) is 54.6 Å². The quantitative estimate of drug-likeness (QED) is 0.173. The van der Waals surface area contributed by atoms with Gasteiger partial charge in [-0.15, -0.1) is 0 Å². The van der Waals surface area contributed by atoms with Crippen LogP contribution >= 0.6 is 0 Å². The first-order valence-electron chi connectivity index (χ1n) is 15.4. The number of amides is 3. The SMILES string of the molecule is CCOc1ccc(-c2ccc(C(CC(=O)OC)NC(=O)CNC(=O)CCCN(C(=O)OC)c3cc(C)ccn3)cc2)c2ccccc12. The Bertz CT molecular complexity index is 1710. The zero-order valence-electron chi connectivity index (χ0n) is 27.1. The van der Waals surface area contributed by atoms with Gasteiger partial charge in [0.25, 0.3) is 0 Å². The fourth-order valence-corrected chi connectivity index (χ4v) is 5.19. The molecule has 0 aliphatic carbocycles. The van der Waals surface area contributed by atoms with E-state index in [9.17, 15) is 19.2 Å². The zero-order chi connectivity index (χ0) is 33.8. The van der Waals surface area contributed by atoms with E-state index in [0.29, 0.717) is 24.4 Å². The van der Waals surface area contributed by atoms with Crippen LogP contribution in [0.5, 0.6) is 5.75 Å². The number of pyridine rings is 1. The summed E-state index contributed by atoms with van der Waals surface area (Å²) < 4.78 is 15.5. The Hall–Kier alpha value is -5.45. The maximum Gasteiger partial charge on any atom is 0.415 e. The second-order valence-corrected chi connectivity index (χ2v) is 10.8. The van der Waals surface area contributed by atoms with Crippen LogP contribution in [0, 0.1) is 6.92 Å². The van der Waals surface area contributed by atoms with Gasteiger partial charge >= 0.3 is 12.1 Å². The maximum atomic E-state index is 12.9. The van der Waals surface area contributed by atoms with E-state index in [4.69, 9.17) is 14.2 Å². The summed E-state index contributed by atoms with van der Waals surface area (Å²) in [5.41, 5.74) is 3.63. The second kappa shape index (κ2) is 16.7. The summed E-state index contributed by atoms with van der Waals surface area (Å²) in [6.45, 7) is 4.32. The highest BCUT2D eigenvalue weighted by Gasteiger charge is 2.21. The third kappa shape index (κ3) is 9.29. The first-order valence-corrected chi connectivity index (χ1v) is 15.4. The normalized spacial score (nSPS) is 11.3. The third-order valence-corrected chi connectivity index (χ3v) is 7.55. The van der Waals surface area contributed by atoms with Gasteiger partial charge in [-0.25, -0.2) is 9.78 Å². The molecule has 0 fully saturated rings. The van der Waals surface area contributed by atoms with Crippen LogP contribution in [0.25, 0.3) is 21.9 Å². The Morgan fingerprint density at radius 3 is 2.32 bits per heavy atom. The van der Waals surface area contributed by atoms with Crippen LogP contribution < -0.4 is 20.3 Å². The molecule has 11 nitrogen and oxygen atoms in total. The van der Waals surface area contributed by atoms with Crippen molar-refractivity contribution in [2.75, 3.05) is 38.8 Å². The van der Waals surface area contributed by atoms with E-state index in [-0.39, 0.29) is 31.8 Å². The van der Waals surface area contributed by atoms with E-state index in [1.54, 1.807) is 12.3 Å². The highest BCUT2D eigenvalue weighted by Crippen LogP contribution is 2.35. The van der Waals surface area contributed by atoms with Gasteiger partial charge in [0.15, 0.2) is 0 Å². The number of nitrogens with zero attached hydrogens (tertiary/aromatic N) is 2. The Morgan fingerprint density at radius 1 is 0.894 bits per heavy atom. The highest BCUT2D eigenvalue weighted by molar-refractivity contribution is 6.00. The van der Waals surface area contributed by atoms with Crippen LogP contribution in [0.4, 0.5) is 10.6 Å². The number of fused-ring (bicyclic) bond motifs is 1. The topological polar surface area (TPSA) is 136 Å². The van der Waals surface area contributed by atoms with Crippen molar-refractivity contribution in [2.24, 2.45) is 0 Å². The molecule has 0 bridgehead atoms. The van der Waals surface area contributed by atoms with Crippen molar-refractivity contribution < 1.29 is 33.4 Å². The largest absolute Gasteiger partial charge is 0.493 e. The number of hydrogen-bond donors (Lipinski definition) is 2. The van der Waals surface area contributed by atoms with Crippen LogP contribution in [0.15, 0.2) is 79.0 Å². The molecule has 1 atom stereocenters. The Morgan fingerprint density at radius 2 is 1.64 bits per heavy atom. The van der Waals surface area contributed by atoms with Gasteiger partial charge in [0.2, 0.25) is 11.8 Å². The molecule has 0 aliphatic rings. The number of esters is 1. The van der Waals surface area contributed by atoms with Crippen molar-refractivity contribution in [3.05, 3.63) is 90.1 Å². The lowest BCUT2D eigenvalue weighted by atomic mass is 9.95. The van der Waals surface area contributed by atoms with Crippen molar-refractivity contribution in [2.45, 2.75) is 39.2 Å². The van der Waals surface area contributed by atoms with Crippen molar-refractivity contribution >= 4 is 40.5 Å². The molecular formula is C36H40N4O7. The molecule has 4 rings (SSSR count). The van der Waals surface area contributed by atoms with E-state index in [0.717, 1.165) is 33.2 Å². The lowest BCUT2D eigenvalue weighted by Crippen LogP contribution is -2.39. The van der Waals surface area contributed by atoms with Crippen LogP contribution in [0.3, 0.4) is 0 Å². The number of benzene rings is 3. The first kappa shape index (κ1) is 34.4. The third-order valence-electron chi connectivity index (χ3n) is 7.55. The smallest absolute Gasteiger partial charge is 0.415 e. The Labute approximate surface area is 274 Å². The first-order chi connectivity index (χ1) is 22.7. The molecular weight excluding hydrogens is 600 g/mol. The minimum atomic E-state index is -0.673. The molecule has 0 saturated carbocycles. The summed E-state index contributed by atoms with van der Waals surface area (Å²) >= 11 is 0. The molecule has 1 heterocycles. The molecule has 0 spiro atoms. The second-order valence-electron chi connectivity index (χ2n) is 10.8. The summed E-state index contributed by atoms with van der Waals surface area (Å²) in [5.74, 6) is -0.0694. The predicted octanol–water partition coefficient (Wildman–Crippen LogP) is 5.50. The lowest BCUT2D eigenvalue weighted by Gasteiger charge is -2.20. The molecule has 3 aromatic carbocycles. The van der Waals surface area contributed by atoms with Gasteiger partial charge in [0, 0.05) is 24.5 Å². The fourth-order valence-electron chi connectivity index (χ4n) is 5.19.